The van der Waals surface area contributed by atoms with E-state index >= 15 is 0 Å². The number of nitro benzene ring substituents is 1. The number of nitrogens with one attached hydrogen (secondary N) is 1. The van der Waals surface area contributed by atoms with Crippen molar-refractivity contribution in [2.24, 2.45) is 0 Å². The molecule has 0 aromatic heterocycles. The molecule has 1 N–H and O–H groups in total. The first-order chi connectivity index (χ1) is 15.8. The second-order valence-corrected chi connectivity index (χ2v) is 7.81. The Labute approximate surface area is 200 Å². The summed E-state index contributed by atoms with van der Waals surface area (Å²) in [6.07, 6.45) is 1.40. The molecule has 166 valence electrons. The SMILES string of the molecule is Cc1ccc(NC(=O)/C(C#N)=C/c2ccc(OCc3cccc([N+](=O)[O-])c3)c(Cl)c2)cc1Cl. The number of nitrogens with zero attached hydrogens (tertiary/aromatic N) is 2. The average Bonchev–Trinajstić information content (AvgIpc) is 2.79. The minimum absolute atomic E-state index is 0.0297. The highest BCUT2D eigenvalue weighted by atomic mass is 35.5. The molecule has 0 bridgehead atoms. The number of aryl methyl sites for hydroxylation is 1. The standard InChI is InChI=1S/C24H17Cl2N3O4/c1-15-5-7-19(12-21(15)25)28-24(30)18(13-27)9-16-6-8-23(22(26)11-16)33-14-17-3-2-4-20(10-17)29(31)32/h2-12H,14H2,1H3,(H,28,30)/b18-9+. The van der Waals surface area contributed by atoms with Gasteiger partial charge in [-0.05, 0) is 54.0 Å². The van der Waals surface area contributed by atoms with Gasteiger partial charge in [0.25, 0.3) is 11.6 Å². The number of carbonyl (C=O) groups is 1. The molecule has 7 nitrogen and oxygen atoms in total. The number of hydrogen-bond donors (Lipinski definition) is 1. The molecule has 0 aliphatic rings. The lowest BCUT2D eigenvalue weighted by Crippen LogP contribution is -2.13. The predicted octanol–water partition coefficient (Wildman–Crippen LogP) is 6.33. The van der Waals surface area contributed by atoms with Crippen LogP contribution in [0.5, 0.6) is 5.75 Å². The second-order valence-electron chi connectivity index (χ2n) is 6.99. The normalized spacial score (nSPS) is 10.9. The molecule has 0 saturated carbocycles. The van der Waals surface area contributed by atoms with Gasteiger partial charge in [-0.1, -0.05) is 47.5 Å². The zero-order chi connectivity index (χ0) is 24.0. The Morgan fingerprint density at radius 1 is 1.15 bits per heavy atom. The molecule has 3 aromatic carbocycles. The fraction of sp³-hybridized carbons (Fsp3) is 0.0833. The molecule has 0 saturated heterocycles. The number of carbonyl (C=O) groups excluding carboxylic acids is 1. The number of ether oxygens (including phenoxy) is 1. The highest BCUT2D eigenvalue weighted by Crippen LogP contribution is 2.28. The number of non-ortho nitro benzene ring substituents is 1. The van der Waals surface area contributed by atoms with Gasteiger partial charge in [-0.2, -0.15) is 5.26 Å². The molecule has 9 heteroatoms. The Morgan fingerprint density at radius 2 is 1.94 bits per heavy atom. The van der Waals surface area contributed by atoms with E-state index in [0.717, 1.165) is 5.56 Å². The van der Waals surface area contributed by atoms with Gasteiger partial charge in [0, 0.05) is 22.8 Å². The van der Waals surface area contributed by atoms with Crippen LogP contribution in [0.4, 0.5) is 11.4 Å². The lowest BCUT2D eigenvalue weighted by molar-refractivity contribution is -0.384. The summed E-state index contributed by atoms with van der Waals surface area (Å²) in [5.74, 6) is -0.225. The molecule has 3 rings (SSSR count). The fourth-order valence-electron chi connectivity index (χ4n) is 2.83. The van der Waals surface area contributed by atoms with Gasteiger partial charge in [0.1, 0.15) is 24.0 Å². The highest BCUT2D eigenvalue weighted by molar-refractivity contribution is 6.32. The number of nitro groups is 1. The van der Waals surface area contributed by atoms with Crippen LogP contribution in [0.3, 0.4) is 0 Å². The molecule has 0 aliphatic heterocycles. The maximum Gasteiger partial charge on any atom is 0.269 e. The minimum Gasteiger partial charge on any atom is -0.487 e. The molecule has 0 atom stereocenters. The Bertz CT molecular complexity index is 1300. The third-order valence-electron chi connectivity index (χ3n) is 4.58. The van der Waals surface area contributed by atoms with E-state index in [4.69, 9.17) is 27.9 Å². The first-order valence-corrected chi connectivity index (χ1v) is 10.4. The number of halogens is 2. The van der Waals surface area contributed by atoms with Crippen LogP contribution < -0.4 is 10.1 Å². The van der Waals surface area contributed by atoms with Crippen LogP contribution in [0.1, 0.15) is 16.7 Å². The van der Waals surface area contributed by atoms with Gasteiger partial charge >= 0.3 is 0 Å². The molecule has 0 heterocycles. The van der Waals surface area contributed by atoms with Gasteiger partial charge in [-0.3, -0.25) is 14.9 Å². The van der Waals surface area contributed by atoms with E-state index in [2.05, 4.69) is 5.32 Å². The molecule has 0 spiro atoms. The molecule has 0 radical (unpaired) electrons. The van der Waals surface area contributed by atoms with Gasteiger partial charge in [-0.15, -0.1) is 0 Å². The maximum atomic E-state index is 12.5. The Morgan fingerprint density at radius 3 is 2.61 bits per heavy atom. The second kappa shape index (κ2) is 10.6. The number of hydrogen-bond acceptors (Lipinski definition) is 5. The first-order valence-electron chi connectivity index (χ1n) is 9.62. The van der Waals surface area contributed by atoms with Crippen LogP contribution in [0.25, 0.3) is 6.08 Å². The third-order valence-corrected chi connectivity index (χ3v) is 5.28. The largest absolute Gasteiger partial charge is 0.487 e. The molecule has 33 heavy (non-hydrogen) atoms. The van der Waals surface area contributed by atoms with Crippen molar-refractivity contribution in [3.63, 3.8) is 0 Å². The minimum atomic E-state index is -0.584. The lowest BCUT2D eigenvalue weighted by atomic mass is 10.1. The van der Waals surface area contributed by atoms with Crippen LogP contribution >= 0.6 is 23.2 Å². The molecule has 0 fully saturated rings. The molecule has 1 amide bonds. The van der Waals surface area contributed by atoms with E-state index in [1.807, 2.05) is 13.0 Å². The van der Waals surface area contributed by atoms with E-state index < -0.39 is 10.8 Å². The van der Waals surface area contributed by atoms with Gasteiger partial charge in [0.05, 0.1) is 9.95 Å². The summed E-state index contributed by atoms with van der Waals surface area (Å²) >= 11 is 12.4. The van der Waals surface area contributed by atoms with Crippen molar-refractivity contribution in [2.75, 3.05) is 5.32 Å². The number of nitriles is 1. The van der Waals surface area contributed by atoms with Gasteiger partial charge in [0.15, 0.2) is 0 Å². The van der Waals surface area contributed by atoms with Gasteiger partial charge in [-0.25, -0.2) is 0 Å². The Balaban J connectivity index is 1.71. The van der Waals surface area contributed by atoms with E-state index in [1.54, 1.807) is 48.5 Å². The number of rotatable bonds is 7. The summed E-state index contributed by atoms with van der Waals surface area (Å²) in [6, 6.07) is 17.8. The monoisotopic (exact) mass is 481 g/mol. The van der Waals surface area contributed by atoms with Crippen molar-refractivity contribution in [3.05, 3.63) is 103 Å². The smallest absolute Gasteiger partial charge is 0.269 e. The molecule has 0 aliphatic carbocycles. The Kier molecular flexibility index (Phi) is 7.67. The third kappa shape index (κ3) is 6.32. The average molecular weight is 482 g/mol. The van der Waals surface area contributed by atoms with Crippen LogP contribution in [-0.2, 0) is 11.4 Å². The lowest BCUT2D eigenvalue weighted by Gasteiger charge is -2.09. The summed E-state index contributed by atoms with van der Waals surface area (Å²) in [5, 5.41) is 23.7. The van der Waals surface area contributed by atoms with Crippen LogP contribution in [0.15, 0.2) is 66.2 Å². The molecule has 0 unspecified atom stereocenters. The first kappa shape index (κ1) is 23.8. The maximum absolute atomic E-state index is 12.5. The summed E-state index contributed by atoms with van der Waals surface area (Å²) in [4.78, 5) is 22.9. The predicted molar refractivity (Wildman–Crippen MR) is 127 cm³/mol. The van der Waals surface area contributed by atoms with E-state index in [0.29, 0.717) is 27.6 Å². The molecule has 3 aromatic rings. The highest BCUT2D eigenvalue weighted by Gasteiger charge is 2.12. The molecular weight excluding hydrogens is 465 g/mol. The van der Waals surface area contributed by atoms with Crippen molar-refractivity contribution < 1.29 is 14.5 Å². The molecular formula is C24H17Cl2N3O4. The summed E-state index contributed by atoms with van der Waals surface area (Å²) in [5.41, 5.74) is 2.33. The number of amides is 1. The van der Waals surface area contributed by atoms with Crippen LogP contribution in [0.2, 0.25) is 10.0 Å². The van der Waals surface area contributed by atoms with Gasteiger partial charge < -0.3 is 10.1 Å². The summed E-state index contributed by atoms with van der Waals surface area (Å²) < 4.78 is 5.66. The van der Waals surface area contributed by atoms with Crippen molar-refractivity contribution in [3.8, 4) is 11.8 Å². The number of anilines is 1. The van der Waals surface area contributed by atoms with Gasteiger partial charge in [0.2, 0.25) is 0 Å². The van der Waals surface area contributed by atoms with Crippen molar-refractivity contribution in [1.82, 2.24) is 0 Å². The quantitative estimate of drug-likeness (QED) is 0.183. The van der Waals surface area contributed by atoms with E-state index in [-0.39, 0.29) is 22.9 Å². The fourth-order valence-corrected chi connectivity index (χ4v) is 3.25. The Hall–Kier alpha value is -3.86. The zero-order valence-electron chi connectivity index (χ0n) is 17.3. The summed E-state index contributed by atoms with van der Waals surface area (Å²) in [7, 11) is 0. The van der Waals surface area contributed by atoms with Crippen LogP contribution in [-0.4, -0.2) is 10.8 Å². The number of benzene rings is 3. The van der Waals surface area contributed by atoms with Crippen molar-refractivity contribution >= 4 is 46.6 Å². The topological polar surface area (TPSA) is 105 Å². The van der Waals surface area contributed by atoms with Crippen molar-refractivity contribution in [1.29, 1.82) is 5.26 Å². The van der Waals surface area contributed by atoms with Crippen LogP contribution in [0, 0.1) is 28.4 Å². The van der Waals surface area contributed by atoms with E-state index in [9.17, 15) is 20.2 Å². The van der Waals surface area contributed by atoms with Crippen molar-refractivity contribution in [2.45, 2.75) is 13.5 Å². The zero-order valence-corrected chi connectivity index (χ0v) is 18.9. The summed E-state index contributed by atoms with van der Waals surface area (Å²) in [6.45, 7) is 1.93. The van der Waals surface area contributed by atoms with E-state index in [1.165, 1.54) is 18.2 Å².